The number of anilines is 1. The first kappa shape index (κ1) is 18.1. The number of nitrogens with zero attached hydrogens (tertiary/aromatic N) is 3. The van der Waals surface area contributed by atoms with Crippen LogP contribution < -0.4 is 14.4 Å². The van der Waals surface area contributed by atoms with Crippen LogP contribution in [0.3, 0.4) is 0 Å². The summed E-state index contributed by atoms with van der Waals surface area (Å²) in [7, 11) is 0. The third-order valence-corrected chi connectivity index (χ3v) is 5.83. The summed E-state index contributed by atoms with van der Waals surface area (Å²) in [4.78, 5) is 18.3. The van der Waals surface area contributed by atoms with Gasteiger partial charge < -0.3 is 24.0 Å². The fourth-order valence-corrected chi connectivity index (χ4v) is 4.20. The van der Waals surface area contributed by atoms with Gasteiger partial charge in [-0.05, 0) is 48.7 Å². The van der Waals surface area contributed by atoms with E-state index in [1.54, 1.807) is 0 Å². The standard InChI is InChI=1S/C21H20ClN3O4/c22-15-2-3-17-16(10-15)23-21(24-7-5-14(6-8-24)20(26)27)25(17)11-13-1-4-18-19(9-13)29-12-28-18/h1-4,9-10,14H,5-8,11-12H2,(H,26,27). The molecule has 2 aliphatic heterocycles. The molecule has 7 nitrogen and oxygen atoms in total. The van der Waals surface area contributed by atoms with E-state index < -0.39 is 5.97 Å². The van der Waals surface area contributed by atoms with Gasteiger partial charge in [-0.2, -0.15) is 0 Å². The highest BCUT2D eigenvalue weighted by Gasteiger charge is 2.27. The number of carboxylic acid groups (broad SMARTS) is 1. The van der Waals surface area contributed by atoms with Crippen LogP contribution in [0, 0.1) is 5.92 Å². The number of hydrogen-bond acceptors (Lipinski definition) is 5. The van der Waals surface area contributed by atoms with Crippen LogP contribution in [-0.2, 0) is 11.3 Å². The molecular formula is C21H20ClN3O4. The van der Waals surface area contributed by atoms with Crippen LogP contribution in [0.25, 0.3) is 11.0 Å². The minimum absolute atomic E-state index is 0.245. The molecule has 0 aliphatic carbocycles. The number of halogens is 1. The molecule has 3 aromatic rings. The molecule has 150 valence electrons. The number of benzene rings is 2. The lowest BCUT2D eigenvalue weighted by atomic mass is 9.97. The van der Waals surface area contributed by atoms with Crippen molar-refractivity contribution in [3.05, 3.63) is 47.0 Å². The number of imidazole rings is 1. The molecule has 5 rings (SSSR count). The molecule has 29 heavy (non-hydrogen) atoms. The maximum absolute atomic E-state index is 11.3. The molecule has 0 spiro atoms. The fraction of sp³-hybridized carbons (Fsp3) is 0.333. The normalized spacial score (nSPS) is 16.5. The fourth-order valence-electron chi connectivity index (χ4n) is 4.04. The van der Waals surface area contributed by atoms with E-state index in [9.17, 15) is 9.90 Å². The number of aromatic nitrogens is 2. The molecule has 2 aromatic carbocycles. The Labute approximate surface area is 172 Å². The molecule has 0 amide bonds. The third kappa shape index (κ3) is 3.35. The number of piperidine rings is 1. The van der Waals surface area contributed by atoms with Gasteiger partial charge in [0.1, 0.15) is 0 Å². The van der Waals surface area contributed by atoms with Gasteiger partial charge in [-0.1, -0.05) is 17.7 Å². The molecule has 2 aliphatic rings. The Kier molecular flexibility index (Phi) is 4.47. The number of fused-ring (bicyclic) bond motifs is 2. The van der Waals surface area contributed by atoms with E-state index in [0.717, 1.165) is 34.0 Å². The minimum Gasteiger partial charge on any atom is -0.481 e. The van der Waals surface area contributed by atoms with Gasteiger partial charge in [0.2, 0.25) is 12.7 Å². The van der Waals surface area contributed by atoms with Gasteiger partial charge in [0.05, 0.1) is 23.5 Å². The second-order valence-corrected chi connectivity index (χ2v) is 7.85. The number of ether oxygens (including phenoxy) is 2. The van der Waals surface area contributed by atoms with Gasteiger partial charge in [0.25, 0.3) is 0 Å². The highest BCUT2D eigenvalue weighted by atomic mass is 35.5. The summed E-state index contributed by atoms with van der Waals surface area (Å²) in [6.45, 7) is 2.18. The highest BCUT2D eigenvalue weighted by Crippen LogP contribution is 2.34. The number of rotatable bonds is 4. The number of aliphatic carboxylic acids is 1. The van der Waals surface area contributed by atoms with Crippen molar-refractivity contribution in [1.82, 2.24) is 9.55 Å². The maximum atomic E-state index is 11.3. The van der Waals surface area contributed by atoms with Crippen LogP contribution in [-0.4, -0.2) is 40.5 Å². The summed E-state index contributed by atoms with van der Waals surface area (Å²) < 4.78 is 13.1. The summed E-state index contributed by atoms with van der Waals surface area (Å²) >= 11 is 6.19. The molecule has 1 aromatic heterocycles. The first-order chi connectivity index (χ1) is 14.1. The molecule has 3 heterocycles. The predicted octanol–water partition coefficient (Wildman–Crippen LogP) is 3.77. The SMILES string of the molecule is O=C(O)C1CCN(c2nc3cc(Cl)ccc3n2Cc2ccc3c(c2)OCO3)CC1. The molecule has 0 radical (unpaired) electrons. The molecule has 0 saturated carbocycles. The summed E-state index contributed by atoms with van der Waals surface area (Å²) in [6, 6.07) is 11.6. The van der Waals surface area contributed by atoms with Crippen molar-refractivity contribution in [3.8, 4) is 11.5 Å². The van der Waals surface area contributed by atoms with Gasteiger partial charge in [-0.15, -0.1) is 0 Å². The van der Waals surface area contributed by atoms with Crippen LogP contribution in [0.15, 0.2) is 36.4 Å². The lowest BCUT2D eigenvalue weighted by molar-refractivity contribution is -0.142. The number of hydrogen-bond donors (Lipinski definition) is 1. The zero-order chi connectivity index (χ0) is 20.0. The quantitative estimate of drug-likeness (QED) is 0.701. The zero-order valence-electron chi connectivity index (χ0n) is 15.7. The van der Waals surface area contributed by atoms with E-state index in [-0.39, 0.29) is 12.7 Å². The maximum Gasteiger partial charge on any atom is 0.306 e. The lowest BCUT2D eigenvalue weighted by Gasteiger charge is -2.31. The Bertz CT molecular complexity index is 1090. The van der Waals surface area contributed by atoms with E-state index >= 15 is 0 Å². The van der Waals surface area contributed by atoms with Crippen molar-refractivity contribution in [2.24, 2.45) is 5.92 Å². The van der Waals surface area contributed by atoms with Gasteiger partial charge >= 0.3 is 5.97 Å². The van der Waals surface area contributed by atoms with Crippen LogP contribution in [0.2, 0.25) is 5.02 Å². The molecule has 8 heteroatoms. The molecular weight excluding hydrogens is 394 g/mol. The van der Waals surface area contributed by atoms with Gasteiger partial charge in [0.15, 0.2) is 11.5 Å². The Morgan fingerprint density at radius 3 is 2.72 bits per heavy atom. The number of carbonyl (C=O) groups is 1. The third-order valence-electron chi connectivity index (χ3n) is 5.59. The second-order valence-electron chi connectivity index (χ2n) is 7.42. The van der Waals surface area contributed by atoms with Gasteiger partial charge in [-0.3, -0.25) is 4.79 Å². The highest BCUT2D eigenvalue weighted by molar-refractivity contribution is 6.31. The summed E-state index contributed by atoms with van der Waals surface area (Å²) in [5.74, 6) is 1.34. The molecule has 0 bridgehead atoms. The minimum atomic E-state index is -0.717. The van der Waals surface area contributed by atoms with E-state index in [1.807, 2.05) is 36.4 Å². The van der Waals surface area contributed by atoms with Crippen LogP contribution in [0.1, 0.15) is 18.4 Å². The van der Waals surface area contributed by atoms with Crippen LogP contribution in [0.4, 0.5) is 5.95 Å². The molecule has 0 atom stereocenters. The topological polar surface area (TPSA) is 76.8 Å². The van der Waals surface area contributed by atoms with Gasteiger partial charge in [0, 0.05) is 18.1 Å². The van der Waals surface area contributed by atoms with E-state index in [2.05, 4.69) is 9.47 Å². The van der Waals surface area contributed by atoms with Gasteiger partial charge in [-0.25, -0.2) is 4.98 Å². The summed E-state index contributed by atoms with van der Waals surface area (Å²) in [5, 5.41) is 9.93. The lowest BCUT2D eigenvalue weighted by Crippen LogP contribution is -2.37. The monoisotopic (exact) mass is 413 g/mol. The first-order valence-electron chi connectivity index (χ1n) is 9.60. The molecule has 1 N–H and O–H groups in total. The summed E-state index contributed by atoms with van der Waals surface area (Å²) in [6.07, 6.45) is 1.23. The predicted molar refractivity (Wildman–Crippen MR) is 109 cm³/mol. The van der Waals surface area contributed by atoms with Crippen LogP contribution >= 0.6 is 11.6 Å². The van der Waals surface area contributed by atoms with E-state index in [0.29, 0.717) is 37.5 Å². The second kappa shape index (κ2) is 7.15. The van der Waals surface area contributed by atoms with Crippen molar-refractivity contribution < 1.29 is 19.4 Å². The zero-order valence-corrected chi connectivity index (χ0v) is 16.4. The molecule has 0 unspecified atom stereocenters. The van der Waals surface area contributed by atoms with E-state index in [4.69, 9.17) is 26.1 Å². The van der Waals surface area contributed by atoms with Crippen molar-refractivity contribution in [2.45, 2.75) is 19.4 Å². The van der Waals surface area contributed by atoms with E-state index in [1.165, 1.54) is 0 Å². The largest absolute Gasteiger partial charge is 0.481 e. The van der Waals surface area contributed by atoms with Crippen molar-refractivity contribution in [2.75, 3.05) is 24.8 Å². The average molecular weight is 414 g/mol. The molecule has 1 fully saturated rings. The number of carboxylic acids is 1. The van der Waals surface area contributed by atoms with Crippen molar-refractivity contribution >= 4 is 34.6 Å². The summed E-state index contributed by atoms with van der Waals surface area (Å²) in [5.41, 5.74) is 2.89. The molecule has 1 saturated heterocycles. The smallest absolute Gasteiger partial charge is 0.306 e. The first-order valence-corrected chi connectivity index (χ1v) is 9.98. The average Bonchev–Trinajstić information content (AvgIpc) is 3.32. The Morgan fingerprint density at radius 1 is 1.14 bits per heavy atom. The Hall–Kier alpha value is -2.93. The van der Waals surface area contributed by atoms with Crippen LogP contribution in [0.5, 0.6) is 11.5 Å². The Morgan fingerprint density at radius 2 is 1.93 bits per heavy atom. The van der Waals surface area contributed by atoms with Crippen molar-refractivity contribution in [1.29, 1.82) is 0 Å². The van der Waals surface area contributed by atoms with Crippen molar-refractivity contribution in [3.63, 3.8) is 0 Å². The Balaban J connectivity index is 1.51.